The molecule has 3 aromatic rings. The van der Waals surface area contributed by atoms with Crippen molar-refractivity contribution in [2.24, 2.45) is 0 Å². The molecule has 120 valence electrons. The summed E-state index contributed by atoms with van der Waals surface area (Å²) >= 11 is 5.83. The highest BCUT2D eigenvalue weighted by atomic mass is 35.5. The lowest BCUT2D eigenvalue weighted by atomic mass is 10.0. The van der Waals surface area contributed by atoms with Gasteiger partial charge in [0.25, 0.3) is 0 Å². The van der Waals surface area contributed by atoms with Crippen LogP contribution in [0.1, 0.15) is 21.5 Å². The van der Waals surface area contributed by atoms with Gasteiger partial charge < -0.3 is 4.74 Å². The van der Waals surface area contributed by atoms with E-state index in [2.05, 4.69) is 0 Å². The van der Waals surface area contributed by atoms with Gasteiger partial charge in [0, 0.05) is 21.7 Å². The molecule has 2 nitrogen and oxygen atoms in total. The number of carbonyl (C=O) groups is 1. The molecule has 0 bridgehead atoms. The lowest BCUT2D eigenvalue weighted by Crippen LogP contribution is -2.02. The quantitative estimate of drug-likeness (QED) is 0.590. The third-order valence-corrected chi connectivity index (χ3v) is 3.83. The molecular weight excluding hydrogens is 327 g/mol. The molecule has 0 radical (unpaired) electrons. The molecule has 0 saturated heterocycles. The maximum atomic E-state index is 13.5. The number of benzene rings is 3. The summed E-state index contributed by atoms with van der Waals surface area (Å²) in [4.78, 5) is 12.4. The maximum absolute atomic E-state index is 13.5. The average Bonchev–Trinajstić information content (AvgIpc) is 2.62. The smallest absolute Gasteiger partial charge is 0.193 e. The van der Waals surface area contributed by atoms with E-state index in [1.807, 2.05) is 0 Å². The Kier molecular flexibility index (Phi) is 4.92. The van der Waals surface area contributed by atoms with Crippen LogP contribution in [0.15, 0.2) is 72.8 Å². The molecule has 0 N–H and O–H groups in total. The predicted octanol–water partition coefficient (Wildman–Crippen LogP) is 5.29. The van der Waals surface area contributed by atoms with Crippen LogP contribution in [-0.2, 0) is 6.61 Å². The molecule has 0 aliphatic carbocycles. The zero-order valence-corrected chi connectivity index (χ0v) is 13.5. The number of hydrogen-bond donors (Lipinski definition) is 0. The molecule has 24 heavy (non-hydrogen) atoms. The van der Waals surface area contributed by atoms with Crippen molar-refractivity contribution in [1.82, 2.24) is 0 Å². The van der Waals surface area contributed by atoms with Gasteiger partial charge in [0.1, 0.15) is 18.2 Å². The Hall–Kier alpha value is -2.65. The minimum absolute atomic E-state index is 0.0904. The fourth-order valence-electron chi connectivity index (χ4n) is 2.25. The summed E-state index contributed by atoms with van der Waals surface area (Å²) in [5.41, 5.74) is 1.61. The van der Waals surface area contributed by atoms with Crippen molar-refractivity contribution >= 4 is 17.4 Å². The second kappa shape index (κ2) is 7.28. The van der Waals surface area contributed by atoms with Crippen molar-refractivity contribution in [3.63, 3.8) is 0 Å². The van der Waals surface area contributed by atoms with Gasteiger partial charge in [-0.3, -0.25) is 4.79 Å². The standard InChI is InChI=1S/C20H14ClFO2/c21-17-9-5-14(6-10-17)20(23)15-7-11-18(12-8-15)24-13-16-3-1-2-4-19(16)22/h1-12H,13H2. The number of ketones is 1. The molecule has 0 aromatic heterocycles. The molecule has 0 spiro atoms. The van der Waals surface area contributed by atoms with Gasteiger partial charge in [-0.1, -0.05) is 29.8 Å². The SMILES string of the molecule is O=C(c1ccc(Cl)cc1)c1ccc(OCc2ccccc2F)cc1. The van der Waals surface area contributed by atoms with Gasteiger partial charge in [0.05, 0.1) is 0 Å². The second-order valence-electron chi connectivity index (χ2n) is 5.24. The summed E-state index contributed by atoms with van der Waals surface area (Å²) in [5, 5.41) is 0.587. The van der Waals surface area contributed by atoms with Crippen molar-refractivity contribution in [2.45, 2.75) is 6.61 Å². The Morgan fingerprint density at radius 2 is 1.46 bits per heavy atom. The zero-order valence-electron chi connectivity index (χ0n) is 12.7. The number of hydrogen-bond acceptors (Lipinski definition) is 2. The average molecular weight is 341 g/mol. The highest BCUT2D eigenvalue weighted by Gasteiger charge is 2.09. The number of rotatable bonds is 5. The Morgan fingerprint density at radius 3 is 2.08 bits per heavy atom. The van der Waals surface area contributed by atoms with Gasteiger partial charge in [-0.25, -0.2) is 4.39 Å². The van der Waals surface area contributed by atoms with Gasteiger partial charge >= 0.3 is 0 Å². The van der Waals surface area contributed by atoms with E-state index in [0.717, 1.165) is 0 Å². The first-order valence-electron chi connectivity index (χ1n) is 7.40. The first-order valence-corrected chi connectivity index (χ1v) is 7.78. The van der Waals surface area contributed by atoms with Crippen molar-refractivity contribution < 1.29 is 13.9 Å². The zero-order chi connectivity index (χ0) is 16.9. The highest BCUT2D eigenvalue weighted by molar-refractivity contribution is 6.30. The van der Waals surface area contributed by atoms with Crippen LogP contribution < -0.4 is 4.74 Å². The van der Waals surface area contributed by atoms with Crippen molar-refractivity contribution in [3.05, 3.63) is 100 Å². The molecule has 3 rings (SSSR count). The van der Waals surface area contributed by atoms with Gasteiger partial charge in [0.2, 0.25) is 0 Å². The topological polar surface area (TPSA) is 26.3 Å². The summed E-state index contributed by atoms with van der Waals surface area (Å²) in [6, 6.07) is 20.0. The fraction of sp³-hybridized carbons (Fsp3) is 0.0500. The van der Waals surface area contributed by atoms with Crippen LogP contribution in [-0.4, -0.2) is 5.78 Å². The minimum atomic E-state index is -0.299. The fourth-order valence-corrected chi connectivity index (χ4v) is 2.37. The van der Waals surface area contributed by atoms with Crippen molar-refractivity contribution in [3.8, 4) is 5.75 Å². The normalized spacial score (nSPS) is 10.4. The third-order valence-electron chi connectivity index (χ3n) is 3.58. The number of halogens is 2. The summed E-state index contributed by atoms with van der Waals surface area (Å²) < 4.78 is 19.1. The largest absolute Gasteiger partial charge is 0.489 e. The van der Waals surface area contributed by atoms with Gasteiger partial charge in [-0.05, 0) is 54.6 Å². The molecule has 0 unspecified atom stereocenters. The van der Waals surface area contributed by atoms with Crippen LogP contribution in [0, 0.1) is 5.82 Å². The third kappa shape index (κ3) is 3.81. The van der Waals surface area contributed by atoms with Crippen LogP contribution in [0.4, 0.5) is 4.39 Å². The summed E-state index contributed by atoms with van der Waals surface area (Å²) in [6.07, 6.45) is 0. The van der Waals surface area contributed by atoms with E-state index in [0.29, 0.717) is 27.5 Å². The summed E-state index contributed by atoms with van der Waals surface area (Å²) in [6.45, 7) is 0.136. The Labute approximate surface area is 144 Å². The maximum Gasteiger partial charge on any atom is 0.193 e. The van der Waals surface area contributed by atoms with Crippen LogP contribution in [0.25, 0.3) is 0 Å². The number of ether oxygens (including phenoxy) is 1. The Balaban J connectivity index is 1.68. The summed E-state index contributed by atoms with van der Waals surface area (Å²) in [7, 11) is 0. The molecule has 0 aliphatic rings. The lowest BCUT2D eigenvalue weighted by Gasteiger charge is -2.08. The first-order chi connectivity index (χ1) is 11.6. The first kappa shape index (κ1) is 16.2. The monoisotopic (exact) mass is 340 g/mol. The minimum Gasteiger partial charge on any atom is -0.489 e. The second-order valence-corrected chi connectivity index (χ2v) is 5.68. The molecule has 0 heterocycles. The Morgan fingerprint density at radius 1 is 0.875 bits per heavy atom. The van der Waals surface area contributed by atoms with E-state index in [9.17, 15) is 9.18 Å². The molecule has 4 heteroatoms. The molecule has 0 saturated carbocycles. The molecular formula is C20H14ClFO2. The number of carbonyl (C=O) groups excluding carboxylic acids is 1. The van der Waals surface area contributed by atoms with Gasteiger partial charge in [-0.2, -0.15) is 0 Å². The van der Waals surface area contributed by atoms with E-state index in [1.54, 1.807) is 66.7 Å². The van der Waals surface area contributed by atoms with Crippen LogP contribution in [0.5, 0.6) is 5.75 Å². The van der Waals surface area contributed by atoms with E-state index < -0.39 is 0 Å². The van der Waals surface area contributed by atoms with Crippen molar-refractivity contribution in [2.75, 3.05) is 0 Å². The van der Waals surface area contributed by atoms with Gasteiger partial charge in [-0.15, -0.1) is 0 Å². The predicted molar refractivity (Wildman–Crippen MR) is 92.1 cm³/mol. The van der Waals surface area contributed by atoms with E-state index in [4.69, 9.17) is 16.3 Å². The van der Waals surface area contributed by atoms with E-state index >= 15 is 0 Å². The molecule has 3 aromatic carbocycles. The lowest BCUT2D eigenvalue weighted by molar-refractivity contribution is 0.103. The Bertz CT molecular complexity index is 842. The molecule has 0 fully saturated rings. The molecule has 0 atom stereocenters. The molecule has 0 aliphatic heterocycles. The van der Waals surface area contributed by atoms with Gasteiger partial charge in [0.15, 0.2) is 5.78 Å². The van der Waals surface area contributed by atoms with Crippen LogP contribution in [0.3, 0.4) is 0 Å². The van der Waals surface area contributed by atoms with E-state index in [1.165, 1.54) is 6.07 Å². The summed E-state index contributed by atoms with van der Waals surface area (Å²) in [5.74, 6) is 0.185. The van der Waals surface area contributed by atoms with E-state index in [-0.39, 0.29) is 18.2 Å². The van der Waals surface area contributed by atoms with Crippen molar-refractivity contribution in [1.29, 1.82) is 0 Å². The molecule has 0 amide bonds. The van der Waals surface area contributed by atoms with Crippen LogP contribution >= 0.6 is 11.6 Å². The highest BCUT2D eigenvalue weighted by Crippen LogP contribution is 2.18. The van der Waals surface area contributed by atoms with Crippen LogP contribution in [0.2, 0.25) is 5.02 Å².